The van der Waals surface area contributed by atoms with E-state index in [1.165, 1.54) is 11.3 Å². The molecule has 26 heavy (non-hydrogen) atoms. The normalized spacial score (nSPS) is 15.1. The highest BCUT2D eigenvalue weighted by molar-refractivity contribution is 7.14. The van der Waals surface area contributed by atoms with Crippen molar-refractivity contribution in [3.63, 3.8) is 0 Å². The van der Waals surface area contributed by atoms with Crippen LogP contribution in [0.1, 0.15) is 57.2 Å². The first-order valence-corrected chi connectivity index (χ1v) is 9.89. The van der Waals surface area contributed by atoms with Crippen LogP contribution in [-0.4, -0.2) is 47.3 Å². The number of hydrogen-bond acceptors (Lipinski definition) is 6. The van der Waals surface area contributed by atoms with Crippen molar-refractivity contribution in [3.05, 3.63) is 32.6 Å². The van der Waals surface area contributed by atoms with Gasteiger partial charge in [-0.1, -0.05) is 18.5 Å². The summed E-state index contributed by atoms with van der Waals surface area (Å²) in [5, 5.41) is 4.98. The number of aryl methyl sites for hydroxylation is 3. The molecular weight excluding hydrogens is 350 g/mol. The van der Waals surface area contributed by atoms with Crippen LogP contribution in [0, 0.1) is 13.8 Å². The number of rotatable bonds is 6. The number of unbranched alkanes of at least 4 members (excludes halogenated alkanes) is 1. The van der Waals surface area contributed by atoms with E-state index in [9.17, 15) is 4.79 Å². The minimum atomic E-state index is 0.0488. The van der Waals surface area contributed by atoms with Crippen LogP contribution in [0.15, 0.2) is 4.52 Å². The molecule has 0 unspecified atom stereocenters. The van der Waals surface area contributed by atoms with E-state index in [0.717, 1.165) is 47.0 Å². The van der Waals surface area contributed by atoms with E-state index in [1.54, 1.807) is 0 Å². The lowest BCUT2D eigenvalue weighted by molar-refractivity contribution is 0.0305. The Balaban J connectivity index is 1.76. The summed E-state index contributed by atoms with van der Waals surface area (Å²) in [6.45, 7) is 8.45. The van der Waals surface area contributed by atoms with E-state index in [1.807, 2.05) is 30.9 Å². The molecule has 0 aromatic carbocycles. The van der Waals surface area contributed by atoms with Gasteiger partial charge in [0.1, 0.15) is 15.6 Å². The summed E-state index contributed by atoms with van der Waals surface area (Å²) in [5.74, 6) is 0.859. The van der Waals surface area contributed by atoms with Crippen molar-refractivity contribution in [2.75, 3.05) is 26.3 Å². The fourth-order valence-corrected chi connectivity index (χ4v) is 3.85. The van der Waals surface area contributed by atoms with Crippen molar-refractivity contribution in [1.29, 1.82) is 0 Å². The van der Waals surface area contributed by atoms with Crippen molar-refractivity contribution in [1.82, 2.24) is 15.0 Å². The van der Waals surface area contributed by atoms with Crippen LogP contribution in [0.3, 0.4) is 0 Å². The molecule has 0 spiro atoms. The molecule has 0 radical (unpaired) electrons. The zero-order chi connectivity index (χ0) is 18.5. The van der Waals surface area contributed by atoms with E-state index in [0.29, 0.717) is 31.2 Å². The molecule has 1 aliphatic rings. The highest BCUT2D eigenvalue weighted by Gasteiger charge is 2.22. The van der Waals surface area contributed by atoms with Crippen LogP contribution in [0.4, 0.5) is 0 Å². The van der Waals surface area contributed by atoms with Gasteiger partial charge in [0, 0.05) is 18.7 Å². The molecule has 0 N–H and O–H groups in total. The maximum Gasteiger partial charge on any atom is 0.266 e. The van der Waals surface area contributed by atoms with Crippen LogP contribution in [0.25, 0.3) is 12.2 Å². The summed E-state index contributed by atoms with van der Waals surface area (Å²) in [4.78, 5) is 19.8. The van der Waals surface area contributed by atoms with Gasteiger partial charge in [-0.25, -0.2) is 4.98 Å². The topological polar surface area (TPSA) is 68.5 Å². The third-order valence-corrected chi connectivity index (χ3v) is 5.56. The molecule has 7 heteroatoms. The average molecular weight is 375 g/mol. The number of morpholine rings is 1. The first-order valence-electron chi connectivity index (χ1n) is 9.07. The number of aromatic nitrogens is 2. The van der Waals surface area contributed by atoms with Gasteiger partial charge in [-0.05, 0) is 38.8 Å². The van der Waals surface area contributed by atoms with Gasteiger partial charge in [-0.15, -0.1) is 11.3 Å². The van der Waals surface area contributed by atoms with Crippen LogP contribution < -0.4 is 0 Å². The first-order chi connectivity index (χ1) is 12.6. The van der Waals surface area contributed by atoms with Crippen molar-refractivity contribution in [2.24, 2.45) is 0 Å². The van der Waals surface area contributed by atoms with E-state index >= 15 is 0 Å². The Bertz CT molecular complexity index is 788. The standard InChI is InChI=1S/C19H25N3O3S/c1-4-5-6-16-15(14(3)25-21-16)7-8-17-20-13(2)18(26-17)19(23)22-9-11-24-12-10-22/h7-8H,4-6,9-12H2,1-3H3. The molecule has 0 atom stereocenters. The number of nitrogens with zero attached hydrogens (tertiary/aromatic N) is 3. The molecule has 3 rings (SSSR count). The zero-order valence-electron chi connectivity index (χ0n) is 15.6. The highest BCUT2D eigenvalue weighted by Crippen LogP contribution is 2.24. The lowest BCUT2D eigenvalue weighted by Crippen LogP contribution is -2.40. The van der Waals surface area contributed by atoms with Crippen LogP contribution in [0.2, 0.25) is 0 Å². The predicted octanol–water partition coefficient (Wildman–Crippen LogP) is 3.73. The molecule has 140 valence electrons. The van der Waals surface area contributed by atoms with Crippen molar-refractivity contribution in [3.8, 4) is 0 Å². The SMILES string of the molecule is CCCCc1noc(C)c1C=Cc1nc(C)c(C(=O)N2CCOCC2)s1. The molecule has 0 aliphatic carbocycles. The molecule has 3 heterocycles. The Morgan fingerprint density at radius 2 is 2.04 bits per heavy atom. The molecule has 1 saturated heterocycles. The fourth-order valence-electron chi connectivity index (χ4n) is 2.91. The number of carbonyl (C=O) groups is 1. The third-order valence-electron chi connectivity index (χ3n) is 4.45. The summed E-state index contributed by atoms with van der Waals surface area (Å²) < 4.78 is 10.7. The zero-order valence-corrected chi connectivity index (χ0v) is 16.4. The maximum atomic E-state index is 12.7. The third kappa shape index (κ3) is 4.22. The van der Waals surface area contributed by atoms with Crippen LogP contribution in [-0.2, 0) is 11.2 Å². The first kappa shape index (κ1) is 18.8. The number of thiazole rings is 1. The quantitative estimate of drug-likeness (QED) is 0.769. The summed E-state index contributed by atoms with van der Waals surface area (Å²) in [5.41, 5.74) is 2.78. The van der Waals surface area contributed by atoms with Gasteiger partial charge in [-0.3, -0.25) is 4.79 Å². The summed E-state index contributed by atoms with van der Waals surface area (Å²) in [7, 11) is 0. The van der Waals surface area contributed by atoms with Crippen LogP contribution in [0.5, 0.6) is 0 Å². The number of amides is 1. The van der Waals surface area contributed by atoms with Gasteiger partial charge in [0.05, 0.1) is 24.6 Å². The monoisotopic (exact) mass is 375 g/mol. The maximum absolute atomic E-state index is 12.7. The number of carbonyl (C=O) groups excluding carboxylic acids is 1. The Morgan fingerprint density at radius 3 is 2.77 bits per heavy atom. The smallest absolute Gasteiger partial charge is 0.266 e. The highest BCUT2D eigenvalue weighted by atomic mass is 32.1. The largest absolute Gasteiger partial charge is 0.378 e. The van der Waals surface area contributed by atoms with Crippen molar-refractivity contribution in [2.45, 2.75) is 40.0 Å². The second-order valence-electron chi connectivity index (χ2n) is 6.41. The van der Waals surface area contributed by atoms with Gasteiger partial charge in [0.2, 0.25) is 0 Å². The predicted molar refractivity (Wildman–Crippen MR) is 102 cm³/mol. The van der Waals surface area contributed by atoms with Gasteiger partial charge in [-0.2, -0.15) is 0 Å². The lowest BCUT2D eigenvalue weighted by atomic mass is 10.1. The molecule has 1 fully saturated rings. The van der Waals surface area contributed by atoms with Gasteiger partial charge >= 0.3 is 0 Å². The Morgan fingerprint density at radius 1 is 1.27 bits per heavy atom. The second kappa shape index (κ2) is 8.60. The second-order valence-corrected chi connectivity index (χ2v) is 7.44. The summed E-state index contributed by atoms with van der Waals surface area (Å²) in [6, 6.07) is 0. The average Bonchev–Trinajstić information content (AvgIpc) is 3.20. The molecule has 1 aliphatic heterocycles. The molecule has 2 aromatic heterocycles. The van der Waals surface area contributed by atoms with Gasteiger partial charge in [0.15, 0.2) is 0 Å². The van der Waals surface area contributed by atoms with E-state index in [2.05, 4.69) is 17.1 Å². The lowest BCUT2D eigenvalue weighted by Gasteiger charge is -2.26. The molecule has 0 bridgehead atoms. The summed E-state index contributed by atoms with van der Waals surface area (Å²) in [6.07, 6.45) is 7.06. The van der Waals surface area contributed by atoms with E-state index in [4.69, 9.17) is 9.26 Å². The van der Waals surface area contributed by atoms with Gasteiger partial charge < -0.3 is 14.2 Å². The Labute approximate surface area is 157 Å². The number of ether oxygens (including phenoxy) is 1. The molecule has 6 nitrogen and oxygen atoms in total. The molecule has 0 saturated carbocycles. The molecule has 2 aromatic rings. The minimum Gasteiger partial charge on any atom is -0.378 e. The fraction of sp³-hybridized carbons (Fsp3) is 0.526. The van der Waals surface area contributed by atoms with Crippen LogP contribution >= 0.6 is 11.3 Å². The number of hydrogen-bond donors (Lipinski definition) is 0. The molecular formula is C19H25N3O3S. The Kier molecular flexibility index (Phi) is 6.21. The van der Waals surface area contributed by atoms with Crippen molar-refractivity contribution < 1.29 is 14.1 Å². The molecule has 1 amide bonds. The van der Waals surface area contributed by atoms with Gasteiger partial charge in [0.25, 0.3) is 5.91 Å². The van der Waals surface area contributed by atoms with Crippen molar-refractivity contribution >= 4 is 29.4 Å². The summed E-state index contributed by atoms with van der Waals surface area (Å²) >= 11 is 1.43. The van der Waals surface area contributed by atoms with E-state index < -0.39 is 0 Å². The Hall–Kier alpha value is -1.99. The van der Waals surface area contributed by atoms with E-state index in [-0.39, 0.29) is 5.91 Å². The minimum absolute atomic E-state index is 0.0488.